The molecule has 1 atom stereocenters. The molecule has 4 aromatic rings. The lowest BCUT2D eigenvalue weighted by Gasteiger charge is -2.21. The molecule has 1 aromatic carbocycles. The number of fused-ring (bicyclic) bond motifs is 4. The molecule has 1 spiro atoms. The van der Waals surface area contributed by atoms with Crippen molar-refractivity contribution in [1.29, 1.82) is 0 Å². The Bertz CT molecular complexity index is 1460. The van der Waals surface area contributed by atoms with E-state index in [0.29, 0.717) is 18.7 Å². The molecule has 2 fully saturated rings. The third-order valence-electron chi connectivity index (χ3n) is 7.53. The zero-order valence-electron chi connectivity index (χ0n) is 18.7. The minimum absolute atomic E-state index is 0.101. The summed E-state index contributed by atoms with van der Waals surface area (Å²) in [6, 6.07) is 7.32. The van der Waals surface area contributed by atoms with Crippen LogP contribution in [0, 0.1) is 11.2 Å². The van der Waals surface area contributed by atoms with Crippen LogP contribution in [0.1, 0.15) is 24.1 Å². The molecule has 1 saturated heterocycles. The van der Waals surface area contributed by atoms with E-state index in [4.69, 9.17) is 20.4 Å². The fourth-order valence-electron chi connectivity index (χ4n) is 5.52. The van der Waals surface area contributed by atoms with Crippen molar-refractivity contribution in [3.63, 3.8) is 0 Å². The molecule has 0 bridgehead atoms. The van der Waals surface area contributed by atoms with Crippen LogP contribution in [0.5, 0.6) is 11.8 Å². The summed E-state index contributed by atoms with van der Waals surface area (Å²) in [6.07, 6.45) is 6.35. The standard InChI is InChI=1S/C25H24FN7O/c1-28-18-8-14(26)7-17-16(18)9-19-21(17)23(33-11-20(27)25(12-33)3-4-25)32-24(31-19)34-15-6-13-2-5-29-22(13)30-10-15/h2,5-8,10,20,28H,3-4,9,11-12,27H2,1H3,(H,29,30)/t20-/m0/s1. The molecule has 1 aliphatic heterocycles. The van der Waals surface area contributed by atoms with E-state index in [2.05, 4.69) is 20.2 Å². The molecule has 0 radical (unpaired) electrons. The lowest BCUT2D eigenvalue weighted by Crippen LogP contribution is -2.30. The third-order valence-corrected chi connectivity index (χ3v) is 7.53. The van der Waals surface area contributed by atoms with Crippen LogP contribution in [0.25, 0.3) is 22.2 Å². The van der Waals surface area contributed by atoms with Gasteiger partial charge in [0.2, 0.25) is 0 Å². The number of H-pyrrole nitrogens is 1. The highest BCUT2D eigenvalue weighted by Crippen LogP contribution is 2.54. The first-order valence-corrected chi connectivity index (χ1v) is 11.6. The molecular weight excluding hydrogens is 433 g/mol. The molecule has 9 heteroatoms. The normalized spacial score (nSPS) is 19.5. The molecule has 172 valence electrons. The largest absolute Gasteiger partial charge is 0.423 e. The smallest absolute Gasteiger partial charge is 0.324 e. The number of nitrogens with zero attached hydrogens (tertiary/aromatic N) is 4. The van der Waals surface area contributed by atoms with Crippen LogP contribution < -0.4 is 20.7 Å². The van der Waals surface area contributed by atoms with Crippen molar-refractivity contribution in [2.24, 2.45) is 11.1 Å². The fourth-order valence-corrected chi connectivity index (χ4v) is 5.52. The summed E-state index contributed by atoms with van der Waals surface area (Å²) < 4.78 is 20.6. The number of anilines is 2. The Balaban J connectivity index is 1.35. The maximum Gasteiger partial charge on any atom is 0.324 e. The summed E-state index contributed by atoms with van der Waals surface area (Å²) in [6.45, 7) is 1.56. The van der Waals surface area contributed by atoms with Crippen LogP contribution in [-0.2, 0) is 6.42 Å². The van der Waals surface area contributed by atoms with Crippen LogP contribution in [0.2, 0.25) is 0 Å². The average Bonchev–Trinajstić information content (AvgIpc) is 3.14. The number of rotatable bonds is 4. The van der Waals surface area contributed by atoms with Crippen molar-refractivity contribution in [3.8, 4) is 22.9 Å². The molecule has 3 aliphatic rings. The molecule has 1 saturated carbocycles. The number of halogens is 1. The van der Waals surface area contributed by atoms with Gasteiger partial charge in [0.05, 0.1) is 11.9 Å². The second kappa shape index (κ2) is 6.89. The number of ether oxygens (including phenoxy) is 1. The zero-order chi connectivity index (χ0) is 23.0. The number of benzene rings is 1. The summed E-state index contributed by atoms with van der Waals surface area (Å²) in [5.41, 5.74) is 11.8. The number of pyridine rings is 1. The first-order chi connectivity index (χ1) is 16.5. The number of hydrogen-bond donors (Lipinski definition) is 3. The summed E-state index contributed by atoms with van der Waals surface area (Å²) in [4.78, 5) is 19.3. The van der Waals surface area contributed by atoms with E-state index in [-0.39, 0.29) is 23.3 Å². The van der Waals surface area contributed by atoms with Gasteiger partial charge >= 0.3 is 6.01 Å². The van der Waals surface area contributed by atoms with Gasteiger partial charge in [-0.15, -0.1) is 0 Å². The molecule has 0 amide bonds. The Hall–Kier alpha value is -3.72. The number of hydrogen-bond acceptors (Lipinski definition) is 7. The number of nitrogens with two attached hydrogens (primary N) is 1. The number of aromatic amines is 1. The van der Waals surface area contributed by atoms with Gasteiger partial charge in [-0.05, 0) is 48.2 Å². The second-order valence-corrected chi connectivity index (χ2v) is 9.60. The third kappa shape index (κ3) is 2.89. The van der Waals surface area contributed by atoms with Crippen LogP contribution in [0.15, 0.2) is 36.7 Å². The van der Waals surface area contributed by atoms with Crippen LogP contribution >= 0.6 is 0 Å². The SMILES string of the molecule is CNc1cc(F)cc2c1Cc1nc(Oc3cnc4[nH]ccc4c3)nc(N3C[C@H](N)C4(CC4)C3)c1-2. The Morgan fingerprint density at radius 2 is 2.15 bits per heavy atom. The molecule has 4 N–H and O–H groups in total. The molecule has 2 aliphatic carbocycles. The fraction of sp³-hybridized carbons (Fsp3) is 0.320. The summed E-state index contributed by atoms with van der Waals surface area (Å²) >= 11 is 0. The van der Waals surface area contributed by atoms with Gasteiger partial charge in [0.25, 0.3) is 0 Å². The van der Waals surface area contributed by atoms with E-state index in [1.54, 1.807) is 19.3 Å². The number of nitrogens with one attached hydrogen (secondary N) is 2. The Morgan fingerprint density at radius 1 is 1.26 bits per heavy atom. The van der Waals surface area contributed by atoms with Crippen molar-refractivity contribution < 1.29 is 9.13 Å². The van der Waals surface area contributed by atoms with Gasteiger partial charge in [0.1, 0.15) is 23.0 Å². The molecule has 7 rings (SSSR count). The van der Waals surface area contributed by atoms with E-state index in [1.165, 1.54) is 6.07 Å². The molecule has 34 heavy (non-hydrogen) atoms. The van der Waals surface area contributed by atoms with Crippen LogP contribution in [0.3, 0.4) is 0 Å². The highest BCUT2D eigenvalue weighted by Gasteiger charge is 2.54. The Kier molecular flexibility index (Phi) is 4.00. The van der Waals surface area contributed by atoms with Gasteiger partial charge in [0.15, 0.2) is 0 Å². The van der Waals surface area contributed by atoms with Gasteiger partial charge in [-0.2, -0.15) is 9.97 Å². The Labute approximate surface area is 195 Å². The van der Waals surface area contributed by atoms with Crippen molar-refractivity contribution in [3.05, 3.63) is 53.7 Å². The van der Waals surface area contributed by atoms with Crippen LogP contribution in [-0.4, -0.2) is 46.1 Å². The molecule has 4 heterocycles. The van der Waals surface area contributed by atoms with E-state index in [0.717, 1.165) is 64.3 Å². The van der Waals surface area contributed by atoms with E-state index >= 15 is 0 Å². The van der Waals surface area contributed by atoms with Gasteiger partial charge in [-0.3, -0.25) is 0 Å². The van der Waals surface area contributed by atoms with Crippen molar-refractivity contribution in [2.45, 2.75) is 25.3 Å². The molecule has 8 nitrogen and oxygen atoms in total. The highest BCUT2D eigenvalue weighted by molar-refractivity contribution is 5.88. The lowest BCUT2D eigenvalue weighted by atomic mass is 10.0. The quantitative estimate of drug-likeness (QED) is 0.377. The molecule has 0 unspecified atom stereocenters. The summed E-state index contributed by atoms with van der Waals surface area (Å²) in [7, 11) is 1.81. The zero-order valence-corrected chi connectivity index (χ0v) is 18.7. The van der Waals surface area contributed by atoms with E-state index in [1.807, 2.05) is 18.3 Å². The van der Waals surface area contributed by atoms with Gasteiger partial charge in [0, 0.05) is 60.8 Å². The van der Waals surface area contributed by atoms with Crippen molar-refractivity contribution in [2.75, 3.05) is 30.4 Å². The summed E-state index contributed by atoms with van der Waals surface area (Å²) in [5, 5.41) is 4.07. The summed E-state index contributed by atoms with van der Waals surface area (Å²) in [5.74, 6) is 1.04. The van der Waals surface area contributed by atoms with Gasteiger partial charge in [-0.25, -0.2) is 9.37 Å². The van der Waals surface area contributed by atoms with Crippen molar-refractivity contribution >= 4 is 22.5 Å². The topological polar surface area (TPSA) is 105 Å². The van der Waals surface area contributed by atoms with Crippen molar-refractivity contribution in [1.82, 2.24) is 19.9 Å². The monoisotopic (exact) mass is 457 g/mol. The van der Waals surface area contributed by atoms with Crippen LogP contribution in [0.4, 0.5) is 15.9 Å². The Morgan fingerprint density at radius 3 is 2.94 bits per heavy atom. The first-order valence-electron chi connectivity index (χ1n) is 11.6. The van der Waals surface area contributed by atoms with Gasteiger partial charge in [-0.1, -0.05) is 0 Å². The lowest BCUT2D eigenvalue weighted by molar-refractivity contribution is 0.439. The maximum atomic E-state index is 14.5. The van der Waals surface area contributed by atoms with E-state index < -0.39 is 0 Å². The molecule has 3 aromatic heterocycles. The maximum absolute atomic E-state index is 14.5. The highest BCUT2D eigenvalue weighted by atomic mass is 19.1. The van der Waals surface area contributed by atoms with Gasteiger partial charge < -0.3 is 25.7 Å². The minimum Gasteiger partial charge on any atom is -0.423 e. The minimum atomic E-state index is -0.287. The first kappa shape index (κ1) is 19.7. The predicted molar refractivity (Wildman–Crippen MR) is 128 cm³/mol. The average molecular weight is 458 g/mol. The predicted octanol–water partition coefficient (Wildman–Crippen LogP) is 3.82. The van der Waals surface area contributed by atoms with E-state index in [9.17, 15) is 4.39 Å². The second-order valence-electron chi connectivity index (χ2n) is 9.60. The molecular formula is C25H24FN7O. The number of aromatic nitrogens is 4.